The normalized spacial score (nSPS) is 19.8. The van der Waals surface area contributed by atoms with Crippen LogP contribution in [0, 0.1) is 0 Å². The quantitative estimate of drug-likeness (QED) is 0.823. The summed E-state index contributed by atoms with van der Waals surface area (Å²) >= 11 is 6.50. The molecular weight excluding hydrogens is 352 g/mol. The first-order valence-corrected chi connectivity index (χ1v) is 7.30. The summed E-state index contributed by atoms with van der Waals surface area (Å²) in [5, 5.41) is 4.09. The molecule has 0 spiro atoms. The van der Waals surface area contributed by atoms with Crippen molar-refractivity contribution in [3.63, 3.8) is 0 Å². The van der Waals surface area contributed by atoms with Gasteiger partial charge in [0.25, 0.3) is 5.56 Å². The minimum atomic E-state index is -0.0910. The summed E-state index contributed by atoms with van der Waals surface area (Å²) in [5.74, 6) is 0. The average molecular weight is 366 g/mol. The molecule has 1 aliphatic rings. The van der Waals surface area contributed by atoms with Gasteiger partial charge in [-0.25, -0.2) is 4.68 Å². The summed E-state index contributed by atoms with van der Waals surface area (Å²) in [7, 11) is 0. The molecule has 2 rings (SSSR count). The van der Waals surface area contributed by atoms with Gasteiger partial charge in [-0.1, -0.05) is 0 Å². The Hall–Kier alpha value is -0.200. The molecule has 1 fully saturated rings. The van der Waals surface area contributed by atoms with Gasteiger partial charge in [0.1, 0.15) is 4.47 Å². The fraction of sp³-hybridized carbons (Fsp3) is 0.636. The van der Waals surface area contributed by atoms with Gasteiger partial charge in [-0.2, -0.15) is 5.10 Å². The zero-order chi connectivity index (χ0) is 12.3. The summed E-state index contributed by atoms with van der Waals surface area (Å²) in [4.78, 5) is 11.8. The zero-order valence-corrected chi connectivity index (χ0v) is 12.5. The Morgan fingerprint density at radius 3 is 3.06 bits per heavy atom. The first-order chi connectivity index (χ1) is 8.18. The Balaban J connectivity index is 1.90. The van der Waals surface area contributed by atoms with Crippen molar-refractivity contribution < 1.29 is 4.74 Å². The lowest BCUT2D eigenvalue weighted by Crippen LogP contribution is -2.24. The van der Waals surface area contributed by atoms with Gasteiger partial charge in [0.05, 0.1) is 16.8 Å². The largest absolute Gasteiger partial charge is 0.378 e. The van der Waals surface area contributed by atoms with Gasteiger partial charge in [0, 0.05) is 13.2 Å². The van der Waals surface area contributed by atoms with Gasteiger partial charge in [0.2, 0.25) is 0 Å². The van der Waals surface area contributed by atoms with Crippen molar-refractivity contribution in [3.05, 3.63) is 25.5 Å². The molecule has 2 heterocycles. The van der Waals surface area contributed by atoms with Crippen molar-refractivity contribution in [1.29, 1.82) is 0 Å². The van der Waals surface area contributed by atoms with E-state index in [0.717, 1.165) is 32.3 Å². The minimum Gasteiger partial charge on any atom is -0.378 e. The highest BCUT2D eigenvalue weighted by molar-refractivity contribution is 9.13. The van der Waals surface area contributed by atoms with Crippen LogP contribution in [0.25, 0.3) is 0 Å². The third-order valence-corrected chi connectivity index (χ3v) is 4.76. The molecule has 17 heavy (non-hydrogen) atoms. The van der Waals surface area contributed by atoms with Crippen LogP contribution in [-0.2, 0) is 11.3 Å². The molecule has 0 N–H and O–H groups in total. The van der Waals surface area contributed by atoms with Gasteiger partial charge in [-0.15, -0.1) is 0 Å². The van der Waals surface area contributed by atoms with Crippen molar-refractivity contribution in [2.24, 2.45) is 0 Å². The molecule has 1 aliphatic heterocycles. The second-order valence-corrected chi connectivity index (χ2v) is 5.76. The lowest BCUT2D eigenvalue weighted by Gasteiger charge is -2.09. The van der Waals surface area contributed by atoms with E-state index in [-0.39, 0.29) is 5.56 Å². The lowest BCUT2D eigenvalue weighted by molar-refractivity contribution is 0.101. The zero-order valence-electron chi connectivity index (χ0n) is 9.36. The van der Waals surface area contributed by atoms with E-state index in [9.17, 15) is 4.79 Å². The monoisotopic (exact) mass is 364 g/mol. The molecular formula is C11H14Br2N2O2. The van der Waals surface area contributed by atoms with E-state index >= 15 is 0 Å². The number of rotatable bonds is 4. The Morgan fingerprint density at radius 1 is 1.53 bits per heavy atom. The van der Waals surface area contributed by atoms with Crippen LogP contribution in [0.3, 0.4) is 0 Å². The van der Waals surface area contributed by atoms with E-state index in [1.54, 1.807) is 6.20 Å². The van der Waals surface area contributed by atoms with Crippen LogP contribution in [-0.4, -0.2) is 22.5 Å². The first kappa shape index (κ1) is 13.2. The molecule has 4 nitrogen and oxygen atoms in total. The Kier molecular flexibility index (Phi) is 4.76. The van der Waals surface area contributed by atoms with Crippen LogP contribution in [0.15, 0.2) is 19.9 Å². The molecule has 0 aliphatic carbocycles. The molecule has 0 radical (unpaired) electrons. The van der Waals surface area contributed by atoms with Gasteiger partial charge in [0.15, 0.2) is 0 Å². The number of nitrogens with zero attached hydrogens (tertiary/aromatic N) is 2. The molecule has 0 saturated carbocycles. The fourth-order valence-corrected chi connectivity index (χ4v) is 2.51. The highest BCUT2D eigenvalue weighted by Gasteiger charge is 2.15. The number of ether oxygens (including phenoxy) is 1. The molecule has 0 bridgehead atoms. The standard InChI is InChI=1S/C11H14Br2N2O2/c12-9-7-14-15(11(16)10(9)13)5-1-3-8-4-2-6-17-8/h7-8H,1-6H2. The van der Waals surface area contributed by atoms with E-state index in [2.05, 4.69) is 37.0 Å². The lowest BCUT2D eigenvalue weighted by atomic mass is 10.1. The number of halogens is 2. The van der Waals surface area contributed by atoms with Crippen molar-refractivity contribution in [2.75, 3.05) is 6.61 Å². The third kappa shape index (κ3) is 3.39. The predicted octanol–water partition coefficient (Wildman–Crippen LogP) is 2.73. The van der Waals surface area contributed by atoms with E-state index in [0.29, 0.717) is 21.6 Å². The number of hydrogen-bond acceptors (Lipinski definition) is 3. The van der Waals surface area contributed by atoms with Crippen molar-refractivity contribution >= 4 is 31.9 Å². The van der Waals surface area contributed by atoms with E-state index in [4.69, 9.17) is 4.74 Å². The van der Waals surface area contributed by atoms with Crippen LogP contribution in [0.4, 0.5) is 0 Å². The highest BCUT2D eigenvalue weighted by Crippen LogP contribution is 2.18. The van der Waals surface area contributed by atoms with Crippen LogP contribution in [0.5, 0.6) is 0 Å². The maximum atomic E-state index is 11.8. The summed E-state index contributed by atoms with van der Waals surface area (Å²) in [6.45, 7) is 1.53. The summed E-state index contributed by atoms with van der Waals surface area (Å²) < 4.78 is 8.25. The average Bonchev–Trinajstić information content (AvgIpc) is 2.82. The molecule has 0 amide bonds. The van der Waals surface area contributed by atoms with Crippen molar-refractivity contribution in [2.45, 2.75) is 38.3 Å². The Labute approximate surface area is 117 Å². The maximum Gasteiger partial charge on any atom is 0.282 e. The summed E-state index contributed by atoms with van der Waals surface area (Å²) in [5.41, 5.74) is -0.0910. The molecule has 6 heteroatoms. The van der Waals surface area contributed by atoms with Crippen LogP contribution >= 0.6 is 31.9 Å². The molecule has 1 atom stereocenters. The molecule has 94 valence electrons. The fourth-order valence-electron chi connectivity index (χ4n) is 1.94. The summed E-state index contributed by atoms with van der Waals surface area (Å²) in [6, 6.07) is 0. The number of aryl methyl sites for hydroxylation is 1. The predicted molar refractivity (Wildman–Crippen MR) is 72.1 cm³/mol. The smallest absolute Gasteiger partial charge is 0.282 e. The SMILES string of the molecule is O=c1c(Br)c(Br)cnn1CCCC1CCCO1. The van der Waals surface area contributed by atoms with Crippen LogP contribution in [0.1, 0.15) is 25.7 Å². The van der Waals surface area contributed by atoms with Crippen LogP contribution < -0.4 is 5.56 Å². The topological polar surface area (TPSA) is 44.1 Å². The number of aromatic nitrogens is 2. The second kappa shape index (κ2) is 6.11. The van der Waals surface area contributed by atoms with Crippen molar-refractivity contribution in [1.82, 2.24) is 9.78 Å². The Bertz CT molecular complexity index is 442. The minimum absolute atomic E-state index is 0.0910. The maximum absolute atomic E-state index is 11.8. The molecule has 0 aromatic carbocycles. The summed E-state index contributed by atoms with van der Waals surface area (Å²) in [6.07, 6.45) is 6.24. The molecule has 1 saturated heterocycles. The third-order valence-electron chi connectivity index (χ3n) is 2.86. The van der Waals surface area contributed by atoms with E-state index in [1.165, 1.54) is 4.68 Å². The molecule has 1 aromatic heterocycles. The van der Waals surface area contributed by atoms with Crippen molar-refractivity contribution in [3.8, 4) is 0 Å². The van der Waals surface area contributed by atoms with Gasteiger partial charge < -0.3 is 4.74 Å². The number of hydrogen-bond donors (Lipinski definition) is 0. The molecule has 1 unspecified atom stereocenters. The first-order valence-electron chi connectivity index (χ1n) is 5.71. The molecule has 1 aromatic rings. The van der Waals surface area contributed by atoms with E-state index in [1.807, 2.05) is 0 Å². The Morgan fingerprint density at radius 2 is 2.35 bits per heavy atom. The van der Waals surface area contributed by atoms with Gasteiger partial charge >= 0.3 is 0 Å². The van der Waals surface area contributed by atoms with Gasteiger partial charge in [-0.05, 0) is 57.5 Å². The second-order valence-electron chi connectivity index (χ2n) is 4.11. The van der Waals surface area contributed by atoms with Gasteiger partial charge in [-0.3, -0.25) is 4.79 Å². The van der Waals surface area contributed by atoms with E-state index < -0.39 is 0 Å². The highest BCUT2D eigenvalue weighted by atomic mass is 79.9. The van der Waals surface area contributed by atoms with Crippen LogP contribution in [0.2, 0.25) is 0 Å².